The molecule has 0 unspecified atom stereocenters. The molecule has 29 heavy (non-hydrogen) atoms. The number of ether oxygens (including phenoxy) is 1. The Morgan fingerprint density at radius 2 is 1.86 bits per heavy atom. The Morgan fingerprint density at radius 3 is 2.52 bits per heavy atom. The number of carboxylic acids is 1. The van der Waals surface area contributed by atoms with Crippen molar-refractivity contribution in [2.24, 2.45) is 0 Å². The molecule has 2 aromatic heterocycles. The molecule has 0 spiro atoms. The highest BCUT2D eigenvalue weighted by atomic mass is 35.5. The van der Waals surface area contributed by atoms with Crippen LogP contribution in [0.4, 0.5) is 0 Å². The summed E-state index contributed by atoms with van der Waals surface area (Å²) in [5.74, 6) is -0.150. The number of H-pyrrole nitrogens is 1. The third-order valence-corrected chi connectivity index (χ3v) is 5.15. The highest BCUT2D eigenvalue weighted by Gasteiger charge is 2.20. The van der Waals surface area contributed by atoms with E-state index in [0.29, 0.717) is 33.2 Å². The van der Waals surface area contributed by atoms with E-state index in [-0.39, 0.29) is 11.4 Å². The number of nitrogens with zero attached hydrogens (tertiary/aromatic N) is 2. The van der Waals surface area contributed by atoms with Crippen LogP contribution >= 0.6 is 23.2 Å². The van der Waals surface area contributed by atoms with Gasteiger partial charge in [-0.1, -0.05) is 23.7 Å². The molecule has 0 amide bonds. The van der Waals surface area contributed by atoms with E-state index in [4.69, 9.17) is 27.9 Å². The van der Waals surface area contributed by atoms with Gasteiger partial charge in [0.25, 0.3) is 0 Å². The molecule has 0 fully saturated rings. The van der Waals surface area contributed by atoms with Gasteiger partial charge in [-0.25, -0.2) is 9.78 Å². The maximum absolute atomic E-state index is 12.0. The minimum Gasteiger partial charge on any atom is -0.496 e. The molecule has 4 aromatic rings. The van der Waals surface area contributed by atoms with Crippen molar-refractivity contribution >= 4 is 40.2 Å². The molecule has 0 saturated carbocycles. The highest BCUT2D eigenvalue weighted by molar-refractivity contribution is 6.30. The van der Waals surface area contributed by atoms with Gasteiger partial charge in [0.1, 0.15) is 5.75 Å². The molecule has 0 bridgehead atoms. The van der Waals surface area contributed by atoms with E-state index >= 15 is 0 Å². The van der Waals surface area contributed by atoms with Gasteiger partial charge in [-0.15, -0.1) is 11.6 Å². The number of aromatic amines is 1. The fourth-order valence-corrected chi connectivity index (χ4v) is 3.54. The largest absolute Gasteiger partial charge is 0.496 e. The number of benzene rings is 2. The van der Waals surface area contributed by atoms with Crippen LogP contribution in [0.1, 0.15) is 15.9 Å². The number of halogens is 2. The molecule has 146 valence electrons. The van der Waals surface area contributed by atoms with Crippen LogP contribution in [0.15, 0.2) is 48.5 Å². The second kappa shape index (κ2) is 7.73. The first kappa shape index (κ1) is 19.2. The fourth-order valence-electron chi connectivity index (χ4n) is 3.21. The second-order valence-corrected chi connectivity index (χ2v) is 7.03. The molecule has 8 heteroatoms. The van der Waals surface area contributed by atoms with Crippen LogP contribution in [0.3, 0.4) is 0 Å². The molecule has 2 N–H and O–H groups in total. The van der Waals surface area contributed by atoms with Crippen LogP contribution in [0.2, 0.25) is 5.02 Å². The zero-order valence-electron chi connectivity index (χ0n) is 15.2. The lowest BCUT2D eigenvalue weighted by atomic mass is 10.0. The Balaban J connectivity index is 1.91. The molecule has 2 heterocycles. The van der Waals surface area contributed by atoms with Crippen molar-refractivity contribution in [3.8, 4) is 28.3 Å². The lowest BCUT2D eigenvalue weighted by Gasteiger charge is -2.09. The van der Waals surface area contributed by atoms with Gasteiger partial charge in [-0.2, -0.15) is 5.10 Å². The molecule has 6 nitrogen and oxygen atoms in total. The van der Waals surface area contributed by atoms with Gasteiger partial charge in [0.05, 0.1) is 35.3 Å². The number of aromatic nitrogens is 3. The summed E-state index contributed by atoms with van der Waals surface area (Å²) in [4.78, 5) is 16.6. The smallest absolute Gasteiger partial charge is 0.336 e. The van der Waals surface area contributed by atoms with Crippen LogP contribution in [-0.4, -0.2) is 33.4 Å². The third-order valence-electron chi connectivity index (χ3n) is 4.61. The van der Waals surface area contributed by atoms with E-state index in [1.54, 1.807) is 49.6 Å². The number of carboxylic acid groups (broad SMARTS) is 1. The number of hydrogen-bond donors (Lipinski definition) is 2. The van der Waals surface area contributed by atoms with Crippen molar-refractivity contribution in [1.82, 2.24) is 15.2 Å². The lowest BCUT2D eigenvalue weighted by Crippen LogP contribution is -2.00. The predicted molar refractivity (Wildman–Crippen MR) is 113 cm³/mol. The molecule has 4 rings (SSSR count). The summed E-state index contributed by atoms with van der Waals surface area (Å²) in [6.45, 7) is 0. The topological polar surface area (TPSA) is 88.1 Å². The lowest BCUT2D eigenvalue weighted by molar-refractivity contribution is 0.0699. The van der Waals surface area contributed by atoms with Gasteiger partial charge in [-0.05, 0) is 36.4 Å². The van der Waals surface area contributed by atoms with Crippen molar-refractivity contribution in [2.75, 3.05) is 7.11 Å². The van der Waals surface area contributed by atoms with Crippen LogP contribution in [0, 0.1) is 0 Å². The van der Waals surface area contributed by atoms with E-state index in [1.807, 2.05) is 6.07 Å². The average molecular weight is 428 g/mol. The number of nitrogens with one attached hydrogen (secondary N) is 1. The Labute approximate surface area is 176 Å². The monoisotopic (exact) mass is 427 g/mol. The van der Waals surface area contributed by atoms with Crippen molar-refractivity contribution in [2.45, 2.75) is 5.88 Å². The zero-order chi connectivity index (χ0) is 20.5. The van der Waals surface area contributed by atoms with E-state index in [1.165, 1.54) is 0 Å². The summed E-state index contributed by atoms with van der Waals surface area (Å²) in [5.41, 5.74) is 3.75. The highest BCUT2D eigenvalue weighted by Crippen LogP contribution is 2.33. The number of pyridine rings is 1. The summed E-state index contributed by atoms with van der Waals surface area (Å²) in [6.07, 6.45) is 0. The Hall–Kier alpha value is -3.09. The van der Waals surface area contributed by atoms with Crippen molar-refractivity contribution < 1.29 is 14.6 Å². The van der Waals surface area contributed by atoms with Crippen LogP contribution < -0.4 is 4.74 Å². The van der Waals surface area contributed by atoms with E-state index in [2.05, 4.69) is 15.2 Å². The first-order valence-corrected chi connectivity index (χ1v) is 9.54. The van der Waals surface area contributed by atoms with Gasteiger partial charge in [0.15, 0.2) is 5.65 Å². The molecule has 2 aromatic carbocycles. The molecular formula is C21H15Cl2N3O3. The summed E-state index contributed by atoms with van der Waals surface area (Å²) >= 11 is 12.0. The first-order chi connectivity index (χ1) is 14.0. The molecule has 0 aliphatic heterocycles. The molecule has 0 radical (unpaired) electrons. The number of methoxy groups -OCH3 is 1. The number of fused-ring (bicyclic) bond motifs is 1. The Bertz CT molecular complexity index is 1220. The summed E-state index contributed by atoms with van der Waals surface area (Å²) in [5, 5.41) is 18.0. The minimum absolute atomic E-state index is 0.104. The maximum atomic E-state index is 12.0. The maximum Gasteiger partial charge on any atom is 0.336 e. The number of aromatic carboxylic acids is 1. The van der Waals surface area contributed by atoms with Gasteiger partial charge >= 0.3 is 5.97 Å². The number of rotatable bonds is 5. The third kappa shape index (κ3) is 3.52. The van der Waals surface area contributed by atoms with Gasteiger partial charge < -0.3 is 9.84 Å². The molecule has 0 saturated heterocycles. The number of carbonyl (C=O) groups is 1. The van der Waals surface area contributed by atoms with E-state index in [0.717, 1.165) is 16.7 Å². The van der Waals surface area contributed by atoms with Crippen molar-refractivity contribution in [3.63, 3.8) is 0 Å². The standard InChI is InChI=1S/C21H15Cl2N3O3/c1-29-17-7-4-12(8-13(17)10-22)16-9-15(21(27)28)18-19(25-26-20(18)24-16)11-2-5-14(23)6-3-11/h2-9H,10H2,1H3,(H,27,28)(H,24,25,26). The number of alkyl halides is 1. The van der Waals surface area contributed by atoms with Crippen molar-refractivity contribution in [3.05, 3.63) is 64.7 Å². The molecular weight excluding hydrogens is 413 g/mol. The van der Waals surface area contributed by atoms with Crippen molar-refractivity contribution in [1.29, 1.82) is 0 Å². The van der Waals surface area contributed by atoms with Gasteiger partial charge in [0, 0.05) is 21.7 Å². The number of hydrogen-bond acceptors (Lipinski definition) is 4. The van der Waals surface area contributed by atoms with Crippen LogP contribution in [0.25, 0.3) is 33.5 Å². The van der Waals surface area contributed by atoms with E-state index < -0.39 is 5.97 Å². The zero-order valence-corrected chi connectivity index (χ0v) is 16.8. The average Bonchev–Trinajstić information content (AvgIpc) is 3.17. The normalized spacial score (nSPS) is 11.0. The molecule has 0 atom stereocenters. The first-order valence-electron chi connectivity index (χ1n) is 8.63. The van der Waals surface area contributed by atoms with Gasteiger partial charge in [0.2, 0.25) is 0 Å². The van der Waals surface area contributed by atoms with Crippen LogP contribution in [-0.2, 0) is 5.88 Å². The Morgan fingerprint density at radius 1 is 1.14 bits per heavy atom. The summed E-state index contributed by atoms with van der Waals surface area (Å²) in [7, 11) is 1.57. The Kier molecular flexibility index (Phi) is 5.13. The SMILES string of the molecule is COc1ccc(-c2cc(C(=O)O)c3c(-c4ccc(Cl)cc4)[nH]nc3n2)cc1CCl. The molecule has 0 aliphatic rings. The predicted octanol–water partition coefficient (Wildman–Crippen LogP) is 5.39. The van der Waals surface area contributed by atoms with E-state index in [9.17, 15) is 9.90 Å². The quantitative estimate of drug-likeness (QED) is 0.416. The second-order valence-electron chi connectivity index (χ2n) is 6.32. The van der Waals surface area contributed by atoms with Crippen LogP contribution in [0.5, 0.6) is 5.75 Å². The van der Waals surface area contributed by atoms with Gasteiger partial charge in [-0.3, -0.25) is 5.10 Å². The molecule has 0 aliphatic carbocycles. The summed E-state index contributed by atoms with van der Waals surface area (Å²) < 4.78 is 5.29. The fraction of sp³-hybridized carbons (Fsp3) is 0.0952. The minimum atomic E-state index is -1.07. The summed E-state index contributed by atoms with van der Waals surface area (Å²) in [6, 6.07) is 14.0.